The number of pyridine rings is 1. The van der Waals surface area contributed by atoms with Gasteiger partial charge in [-0.1, -0.05) is 18.2 Å². The number of hydrogen-bond acceptors (Lipinski definition) is 7. The van der Waals surface area contributed by atoms with Crippen LogP contribution in [0.1, 0.15) is 0 Å². The third-order valence-electron chi connectivity index (χ3n) is 4.09. The van der Waals surface area contributed by atoms with Gasteiger partial charge in [0.25, 0.3) is 0 Å². The molecule has 1 aliphatic heterocycles. The number of ether oxygens (including phenoxy) is 1. The topological polar surface area (TPSA) is 106 Å². The molecule has 1 N–H and O–H groups in total. The van der Waals surface area contributed by atoms with E-state index in [2.05, 4.69) is 20.4 Å². The van der Waals surface area contributed by atoms with Gasteiger partial charge in [0.2, 0.25) is 5.82 Å². The number of rotatable bonds is 4. The van der Waals surface area contributed by atoms with E-state index in [1.165, 1.54) is 9.70 Å². The fraction of sp³-hybridized carbons (Fsp3) is 0.235. The van der Waals surface area contributed by atoms with Crippen molar-refractivity contribution in [2.24, 2.45) is 7.05 Å². The quantitative estimate of drug-likeness (QED) is 0.753. The maximum atomic E-state index is 11.8. The van der Waals surface area contributed by atoms with Crippen LogP contribution in [-0.2, 0) is 11.8 Å². The summed E-state index contributed by atoms with van der Waals surface area (Å²) in [4.78, 5) is 19.1. The van der Waals surface area contributed by atoms with Crippen molar-refractivity contribution in [1.82, 2.24) is 25.2 Å². The highest BCUT2D eigenvalue weighted by molar-refractivity contribution is 5.90. The lowest BCUT2D eigenvalue weighted by molar-refractivity contribution is 0.0963. The fourth-order valence-electron chi connectivity index (χ4n) is 2.74. The molecule has 0 unspecified atom stereocenters. The van der Waals surface area contributed by atoms with Crippen molar-refractivity contribution in [2.75, 3.05) is 18.1 Å². The molecular formula is C17H16N6O3. The van der Waals surface area contributed by atoms with Crippen LogP contribution in [-0.4, -0.2) is 55.6 Å². The highest BCUT2D eigenvalue weighted by Gasteiger charge is 2.31. The molecule has 132 valence electrons. The molecule has 9 heteroatoms. The molecule has 3 heterocycles. The van der Waals surface area contributed by atoms with Crippen LogP contribution in [0.15, 0.2) is 42.6 Å². The number of tetrazole rings is 1. The smallest absolute Gasteiger partial charge is 0.414 e. The van der Waals surface area contributed by atoms with Crippen molar-refractivity contribution in [3.8, 4) is 22.6 Å². The highest BCUT2D eigenvalue weighted by atomic mass is 16.6. The maximum Gasteiger partial charge on any atom is 0.414 e. The number of nitrogens with zero attached hydrogens (tertiary/aromatic N) is 6. The SMILES string of the molecule is Cn1nnc(-c2ccc(-c3ccc(N4C[C@H](CO)OC4=O)cc3)cn2)n1. The lowest BCUT2D eigenvalue weighted by atomic mass is 10.1. The van der Waals surface area contributed by atoms with Gasteiger partial charge in [-0.3, -0.25) is 9.88 Å². The second kappa shape index (κ2) is 6.52. The lowest BCUT2D eigenvalue weighted by Crippen LogP contribution is -2.25. The number of hydrogen-bond donors (Lipinski definition) is 1. The minimum Gasteiger partial charge on any atom is -0.441 e. The van der Waals surface area contributed by atoms with Crippen LogP contribution in [0.3, 0.4) is 0 Å². The number of carbonyl (C=O) groups is 1. The van der Waals surface area contributed by atoms with E-state index in [-0.39, 0.29) is 6.61 Å². The molecule has 1 aliphatic rings. The molecule has 0 spiro atoms. The van der Waals surface area contributed by atoms with Gasteiger partial charge in [0.1, 0.15) is 11.8 Å². The van der Waals surface area contributed by atoms with Crippen molar-refractivity contribution >= 4 is 11.8 Å². The molecule has 0 radical (unpaired) electrons. The summed E-state index contributed by atoms with van der Waals surface area (Å²) >= 11 is 0. The summed E-state index contributed by atoms with van der Waals surface area (Å²) in [5.41, 5.74) is 3.27. The summed E-state index contributed by atoms with van der Waals surface area (Å²) in [6.07, 6.45) is 0.819. The van der Waals surface area contributed by atoms with Crippen LogP contribution in [0.25, 0.3) is 22.6 Å². The van der Waals surface area contributed by atoms with E-state index in [1.807, 2.05) is 36.4 Å². The third kappa shape index (κ3) is 3.00. The molecular weight excluding hydrogens is 336 g/mol. The van der Waals surface area contributed by atoms with Crippen LogP contribution < -0.4 is 4.90 Å². The standard InChI is InChI=1S/C17H16N6O3/c1-22-20-16(19-21-22)15-7-4-12(8-18-15)11-2-5-13(6-3-11)23-9-14(10-24)26-17(23)25/h2-8,14,24H,9-10H2,1H3/t14-/m1/s1. The van der Waals surface area contributed by atoms with E-state index in [0.717, 1.165) is 16.8 Å². The molecule has 1 fully saturated rings. The first-order chi connectivity index (χ1) is 12.6. The summed E-state index contributed by atoms with van der Waals surface area (Å²) in [5.74, 6) is 0.473. The minimum absolute atomic E-state index is 0.182. The first-order valence-electron chi connectivity index (χ1n) is 8.04. The van der Waals surface area contributed by atoms with Crippen LogP contribution in [0, 0.1) is 0 Å². The molecule has 0 aliphatic carbocycles. The first-order valence-corrected chi connectivity index (χ1v) is 8.04. The van der Waals surface area contributed by atoms with Gasteiger partial charge in [0, 0.05) is 17.4 Å². The molecule has 26 heavy (non-hydrogen) atoms. The van der Waals surface area contributed by atoms with Gasteiger partial charge < -0.3 is 9.84 Å². The Hall–Kier alpha value is -3.33. The number of benzene rings is 1. The zero-order valence-electron chi connectivity index (χ0n) is 14.0. The minimum atomic E-state index is -0.478. The summed E-state index contributed by atoms with van der Waals surface area (Å²) in [6.45, 7) is 0.162. The Labute approximate surface area is 148 Å². The third-order valence-corrected chi connectivity index (χ3v) is 4.09. The number of aliphatic hydroxyl groups is 1. The Kier molecular flexibility index (Phi) is 4.05. The van der Waals surface area contributed by atoms with Crippen molar-refractivity contribution in [2.45, 2.75) is 6.10 Å². The molecule has 0 saturated carbocycles. The Bertz CT molecular complexity index is 922. The average molecular weight is 352 g/mol. The Morgan fingerprint density at radius 2 is 1.96 bits per heavy atom. The van der Waals surface area contributed by atoms with Crippen LogP contribution in [0.4, 0.5) is 10.5 Å². The van der Waals surface area contributed by atoms with E-state index >= 15 is 0 Å². The highest BCUT2D eigenvalue weighted by Crippen LogP contribution is 2.26. The van der Waals surface area contributed by atoms with Crippen molar-refractivity contribution in [3.05, 3.63) is 42.6 Å². The predicted octanol–water partition coefficient (Wildman–Crippen LogP) is 1.26. The van der Waals surface area contributed by atoms with E-state index in [0.29, 0.717) is 18.1 Å². The fourth-order valence-corrected chi connectivity index (χ4v) is 2.74. The van der Waals surface area contributed by atoms with E-state index in [4.69, 9.17) is 9.84 Å². The van der Waals surface area contributed by atoms with Crippen molar-refractivity contribution in [3.63, 3.8) is 0 Å². The summed E-state index contributed by atoms with van der Waals surface area (Å²) < 4.78 is 5.06. The zero-order chi connectivity index (χ0) is 18.1. The van der Waals surface area contributed by atoms with Gasteiger partial charge in [0.05, 0.1) is 20.2 Å². The molecule has 3 aromatic rings. The van der Waals surface area contributed by atoms with E-state index < -0.39 is 12.2 Å². The number of aromatic nitrogens is 5. The predicted molar refractivity (Wildman–Crippen MR) is 92.2 cm³/mol. The number of amides is 1. The Morgan fingerprint density at radius 1 is 1.19 bits per heavy atom. The second-order valence-electron chi connectivity index (χ2n) is 5.88. The molecule has 0 bridgehead atoms. The number of aliphatic hydroxyl groups excluding tert-OH is 1. The van der Waals surface area contributed by atoms with Gasteiger partial charge in [-0.25, -0.2) is 4.79 Å². The molecule has 4 rings (SSSR count). The normalized spacial score (nSPS) is 16.8. The van der Waals surface area contributed by atoms with Crippen LogP contribution in [0.5, 0.6) is 0 Å². The molecule has 9 nitrogen and oxygen atoms in total. The number of aryl methyl sites for hydroxylation is 1. The van der Waals surface area contributed by atoms with E-state index in [9.17, 15) is 4.79 Å². The van der Waals surface area contributed by atoms with E-state index in [1.54, 1.807) is 13.2 Å². The van der Waals surface area contributed by atoms with Gasteiger partial charge in [-0.15, -0.1) is 10.2 Å². The Balaban J connectivity index is 1.53. The summed E-state index contributed by atoms with van der Waals surface area (Å²) in [7, 11) is 1.70. The molecule has 1 saturated heterocycles. The van der Waals surface area contributed by atoms with Crippen LogP contribution in [0.2, 0.25) is 0 Å². The number of carbonyl (C=O) groups excluding carboxylic acids is 1. The monoisotopic (exact) mass is 352 g/mol. The van der Waals surface area contributed by atoms with Gasteiger partial charge >= 0.3 is 6.09 Å². The first kappa shape index (κ1) is 16.2. The molecule has 1 amide bonds. The zero-order valence-corrected chi connectivity index (χ0v) is 14.0. The van der Waals surface area contributed by atoms with Gasteiger partial charge in [-0.05, 0) is 29.0 Å². The molecule has 2 aromatic heterocycles. The molecule has 1 atom stereocenters. The van der Waals surface area contributed by atoms with Crippen molar-refractivity contribution in [1.29, 1.82) is 0 Å². The number of cyclic esters (lactones) is 1. The summed E-state index contributed by atoms with van der Waals surface area (Å²) in [6, 6.07) is 11.3. The lowest BCUT2D eigenvalue weighted by Gasteiger charge is -2.13. The molecule has 1 aromatic carbocycles. The van der Waals surface area contributed by atoms with Gasteiger partial charge in [0.15, 0.2) is 0 Å². The van der Waals surface area contributed by atoms with Crippen LogP contribution >= 0.6 is 0 Å². The largest absolute Gasteiger partial charge is 0.441 e. The number of anilines is 1. The Morgan fingerprint density at radius 3 is 2.54 bits per heavy atom. The van der Waals surface area contributed by atoms with Crippen molar-refractivity contribution < 1.29 is 14.6 Å². The average Bonchev–Trinajstić information content (AvgIpc) is 3.27. The van der Waals surface area contributed by atoms with Gasteiger partial charge in [-0.2, -0.15) is 4.80 Å². The maximum absolute atomic E-state index is 11.8. The summed E-state index contributed by atoms with van der Waals surface area (Å²) in [5, 5.41) is 21.0. The second-order valence-corrected chi connectivity index (χ2v) is 5.88.